The molecule has 3 aromatic rings. The Kier molecular flexibility index (Phi) is 5.59. The average Bonchev–Trinajstić information content (AvgIpc) is 3.21. The van der Waals surface area contributed by atoms with E-state index in [4.69, 9.17) is 0 Å². The number of thiophene rings is 1. The van der Waals surface area contributed by atoms with E-state index in [1.807, 2.05) is 0 Å². The fourth-order valence-corrected chi connectivity index (χ4v) is 4.11. The molecule has 1 N–H and O–H groups in total. The molecule has 0 fully saturated rings. The number of carbonyl (C=O) groups is 1. The Bertz CT molecular complexity index is 833. The third-order valence-corrected chi connectivity index (χ3v) is 5.61. The van der Waals surface area contributed by atoms with Crippen molar-refractivity contribution in [3.8, 4) is 0 Å². The first-order chi connectivity index (χ1) is 12.1. The molecular formula is C21H26N2OS. The number of aryl methyl sites for hydroxylation is 1. The number of aromatic nitrogens is 1. The van der Waals surface area contributed by atoms with Crippen LogP contribution in [0.5, 0.6) is 0 Å². The van der Waals surface area contributed by atoms with Crippen molar-refractivity contribution >= 4 is 28.1 Å². The highest BCUT2D eigenvalue weighted by Crippen LogP contribution is 2.36. The van der Waals surface area contributed by atoms with Crippen molar-refractivity contribution in [1.82, 2.24) is 9.88 Å². The SMILES string of the molecule is CC(C)CCNC(=O)CC(c1cccs1)c1cn(C)c2ccccc12. The summed E-state index contributed by atoms with van der Waals surface area (Å²) in [7, 11) is 2.07. The molecule has 3 rings (SSSR count). The Labute approximate surface area is 153 Å². The summed E-state index contributed by atoms with van der Waals surface area (Å²) in [4.78, 5) is 13.8. The zero-order chi connectivity index (χ0) is 17.8. The summed E-state index contributed by atoms with van der Waals surface area (Å²) >= 11 is 1.73. The lowest BCUT2D eigenvalue weighted by Gasteiger charge is -2.15. The molecule has 1 amide bonds. The van der Waals surface area contributed by atoms with E-state index in [-0.39, 0.29) is 11.8 Å². The molecule has 0 aliphatic carbocycles. The summed E-state index contributed by atoms with van der Waals surface area (Å²) in [6.07, 6.45) is 3.69. The Morgan fingerprint density at radius 3 is 2.72 bits per heavy atom. The van der Waals surface area contributed by atoms with Gasteiger partial charge in [-0.05, 0) is 35.4 Å². The van der Waals surface area contributed by atoms with Gasteiger partial charge >= 0.3 is 0 Å². The highest BCUT2D eigenvalue weighted by molar-refractivity contribution is 7.10. The fourth-order valence-electron chi connectivity index (χ4n) is 3.26. The van der Waals surface area contributed by atoms with Crippen LogP contribution < -0.4 is 5.32 Å². The molecule has 0 aliphatic rings. The number of carbonyl (C=O) groups excluding carboxylic acids is 1. The van der Waals surface area contributed by atoms with Gasteiger partial charge in [0.2, 0.25) is 5.91 Å². The van der Waals surface area contributed by atoms with Crippen LogP contribution in [0.4, 0.5) is 0 Å². The van der Waals surface area contributed by atoms with Crippen LogP contribution in [0.3, 0.4) is 0 Å². The van der Waals surface area contributed by atoms with Crippen LogP contribution >= 0.6 is 11.3 Å². The van der Waals surface area contributed by atoms with E-state index in [9.17, 15) is 4.79 Å². The summed E-state index contributed by atoms with van der Waals surface area (Å²) in [6, 6.07) is 12.6. The van der Waals surface area contributed by atoms with Crippen LogP contribution in [0.15, 0.2) is 48.0 Å². The second-order valence-corrected chi connectivity index (χ2v) is 8.00. The van der Waals surface area contributed by atoms with Crippen molar-refractivity contribution in [2.45, 2.75) is 32.6 Å². The lowest BCUT2D eigenvalue weighted by molar-refractivity contribution is -0.121. The summed E-state index contributed by atoms with van der Waals surface area (Å²) in [5.74, 6) is 0.837. The zero-order valence-corrected chi connectivity index (χ0v) is 16.0. The fraction of sp³-hybridized carbons (Fsp3) is 0.381. The number of rotatable bonds is 7. The van der Waals surface area contributed by atoms with Crippen LogP contribution in [0, 0.1) is 5.92 Å². The number of hydrogen-bond acceptors (Lipinski definition) is 2. The Balaban J connectivity index is 1.87. The van der Waals surface area contributed by atoms with Gasteiger partial charge in [-0.25, -0.2) is 0 Å². The molecule has 0 radical (unpaired) electrons. The Morgan fingerprint density at radius 1 is 1.20 bits per heavy atom. The number of hydrogen-bond donors (Lipinski definition) is 1. The van der Waals surface area contributed by atoms with Crippen molar-refractivity contribution in [3.63, 3.8) is 0 Å². The maximum absolute atomic E-state index is 12.5. The number of fused-ring (bicyclic) bond motifs is 1. The maximum Gasteiger partial charge on any atom is 0.220 e. The second-order valence-electron chi connectivity index (χ2n) is 7.02. The molecule has 1 atom stereocenters. The van der Waals surface area contributed by atoms with Gasteiger partial charge in [-0.2, -0.15) is 0 Å². The molecule has 25 heavy (non-hydrogen) atoms. The van der Waals surface area contributed by atoms with Crippen molar-refractivity contribution in [2.24, 2.45) is 13.0 Å². The first-order valence-corrected chi connectivity index (χ1v) is 9.78. The molecular weight excluding hydrogens is 328 g/mol. The molecule has 0 spiro atoms. The third-order valence-electron chi connectivity index (χ3n) is 4.62. The summed E-state index contributed by atoms with van der Waals surface area (Å²) in [5, 5.41) is 6.41. The van der Waals surface area contributed by atoms with Crippen LogP contribution in [0.25, 0.3) is 10.9 Å². The monoisotopic (exact) mass is 354 g/mol. The van der Waals surface area contributed by atoms with Gasteiger partial charge in [0.05, 0.1) is 0 Å². The van der Waals surface area contributed by atoms with E-state index < -0.39 is 0 Å². The lowest BCUT2D eigenvalue weighted by atomic mass is 9.93. The molecule has 132 valence electrons. The van der Waals surface area contributed by atoms with Gasteiger partial charge < -0.3 is 9.88 Å². The number of benzene rings is 1. The van der Waals surface area contributed by atoms with Crippen molar-refractivity contribution in [1.29, 1.82) is 0 Å². The molecule has 3 nitrogen and oxygen atoms in total. The van der Waals surface area contributed by atoms with Gasteiger partial charge in [0.25, 0.3) is 0 Å². The van der Waals surface area contributed by atoms with Crippen LogP contribution in [-0.4, -0.2) is 17.0 Å². The molecule has 4 heteroatoms. The number of nitrogens with one attached hydrogen (secondary N) is 1. The molecule has 1 unspecified atom stereocenters. The van der Waals surface area contributed by atoms with E-state index in [0.29, 0.717) is 12.3 Å². The Morgan fingerprint density at radius 2 is 2.00 bits per heavy atom. The van der Waals surface area contributed by atoms with Crippen LogP contribution in [-0.2, 0) is 11.8 Å². The quantitative estimate of drug-likeness (QED) is 0.642. The lowest BCUT2D eigenvalue weighted by Crippen LogP contribution is -2.26. The van der Waals surface area contributed by atoms with Crippen molar-refractivity contribution in [3.05, 3.63) is 58.4 Å². The van der Waals surface area contributed by atoms with E-state index in [2.05, 4.69) is 78.8 Å². The summed E-state index contributed by atoms with van der Waals surface area (Å²) in [6.45, 7) is 5.11. The molecule has 0 saturated heterocycles. The zero-order valence-electron chi connectivity index (χ0n) is 15.2. The standard InChI is InChI=1S/C21H26N2OS/c1-15(2)10-11-22-21(24)13-17(20-9-6-12-25-20)18-14-23(3)19-8-5-4-7-16(18)19/h4-9,12,14-15,17H,10-11,13H2,1-3H3,(H,22,24). The highest BCUT2D eigenvalue weighted by Gasteiger charge is 2.22. The van der Waals surface area contributed by atoms with Crippen LogP contribution in [0.1, 0.15) is 43.0 Å². The van der Waals surface area contributed by atoms with Gasteiger partial charge in [-0.1, -0.05) is 38.1 Å². The van der Waals surface area contributed by atoms with Crippen molar-refractivity contribution < 1.29 is 4.79 Å². The molecule has 2 aromatic heterocycles. The third kappa shape index (κ3) is 4.13. The van der Waals surface area contributed by atoms with Gasteiger partial charge in [-0.3, -0.25) is 4.79 Å². The maximum atomic E-state index is 12.5. The molecule has 0 aliphatic heterocycles. The van der Waals surface area contributed by atoms with Gasteiger partial charge in [0.1, 0.15) is 0 Å². The molecule has 1 aromatic carbocycles. The highest BCUT2D eigenvalue weighted by atomic mass is 32.1. The predicted octanol–water partition coefficient (Wildman–Crippen LogP) is 4.92. The normalized spacial score (nSPS) is 12.6. The molecule has 2 heterocycles. The van der Waals surface area contributed by atoms with Gasteiger partial charge in [0, 0.05) is 47.9 Å². The average molecular weight is 355 g/mol. The minimum atomic E-state index is 0.102. The number of para-hydroxylation sites is 1. The number of amides is 1. The van der Waals surface area contributed by atoms with E-state index in [1.54, 1.807) is 11.3 Å². The van der Waals surface area contributed by atoms with E-state index in [1.165, 1.54) is 21.3 Å². The molecule has 0 bridgehead atoms. The first kappa shape index (κ1) is 17.7. The summed E-state index contributed by atoms with van der Waals surface area (Å²) in [5.41, 5.74) is 2.44. The predicted molar refractivity (Wildman–Crippen MR) is 106 cm³/mol. The first-order valence-electron chi connectivity index (χ1n) is 8.90. The van der Waals surface area contributed by atoms with E-state index >= 15 is 0 Å². The Hall–Kier alpha value is -2.07. The second kappa shape index (κ2) is 7.87. The van der Waals surface area contributed by atoms with Gasteiger partial charge in [0.15, 0.2) is 0 Å². The van der Waals surface area contributed by atoms with Crippen molar-refractivity contribution in [2.75, 3.05) is 6.54 Å². The molecule has 0 saturated carbocycles. The summed E-state index contributed by atoms with van der Waals surface area (Å²) < 4.78 is 2.15. The largest absolute Gasteiger partial charge is 0.356 e. The minimum absolute atomic E-state index is 0.102. The smallest absolute Gasteiger partial charge is 0.220 e. The van der Waals surface area contributed by atoms with Crippen LogP contribution in [0.2, 0.25) is 0 Å². The minimum Gasteiger partial charge on any atom is -0.356 e. The van der Waals surface area contributed by atoms with E-state index in [0.717, 1.165) is 13.0 Å². The topological polar surface area (TPSA) is 34.0 Å². The van der Waals surface area contributed by atoms with Gasteiger partial charge in [-0.15, -0.1) is 11.3 Å². The number of nitrogens with zero attached hydrogens (tertiary/aromatic N) is 1.